The van der Waals surface area contributed by atoms with Crippen LogP contribution < -0.4 is 0 Å². The van der Waals surface area contributed by atoms with Gasteiger partial charge in [0.25, 0.3) is 0 Å². The number of hydrogen-bond acceptors (Lipinski definition) is 4. The Morgan fingerprint density at radius 2 is 0.830 bits per heavy atom. The molecule has 2 heterocycles. The van der Waals surface area contributed by atoms with Crippen molar-refractivity contribution in [1.82, 2.24) is 15.0 Å². The van der Waals surface area contributed by atoms with Gasteiger partial charge in [-0.25, -0.2) is 15.0 Å². The minimum absolute atomic E-state index is 0.632. The molecule has 8 aromatic carbocycles. The van der Waals surface area contributed by atoms with Crippen molar-refractivity contribution in [2.24, 2.45) is 0 Å². The van der Waals surface area contributed by atoms with Crippen molar-refractivity contribution in [2.45, 2.75) is 0 Å². The Hall–Kier alpha value is -6.75. The van der Waals surface area contributed by atoms with Gasteiger partial charge in [-0.15, -0.1) is 11.3 Å². The Bertz CT molecular complexity index is 2930. The third-order valence-electron chi connectivity index (χ3n) is 9.91. The quantitative estimate of drug-likeness (QED) is 0.174. The second kappa shape index (κ2) is 13.1. The van der Waals surface area contributed by atoms with E-state index in [4.69, 9.17) is 15.0 Å². The van der Waals surface area contributed by atoms with Gasteiger partial charge in [0, 0.05) is 36.9 Å². The Kier molecular flexibility index (Phi) is 7.67. The molecule has 0 unspecified atom stereocenters. The highest BCUT2D eigenvalue weighted by Crippen LogP contribution is 2.42. The molecule has 0 aliphatic rings. The van der Waals surface area contributed by atoms with E-state index in [1.54, 1.807) is 0 Å². The number of aromatic nitrogens is 3. The Balaban J connectivity index is 1.19. The Morgan fingerprint density at radius 1 is 0.302 bits per heavy atom. The second-order valence-electron chi connectivity index (χ2n) is 13.3. The zero-order chi connectivity index (χ0) is 35.1. The maximum atomic E-state index is 5.20. The van der Waals surface area contributed by atoms with E-state index in [0.29, 0.717) is 17.5 Å². The van der Waals surface area contributed by atoms with Crippen LogP contribution in [0.2, 0.25) is 0 Å². The first-order chi connectivity index (χ1) is 26.2. The predicted molar refractivity (Wildman–Crippen MR) is 223 cm³/mol. The molecular formula is C49H31N3S. The van der Waals surface area contributed by atoms with E-state index in [1.165, 1.54) is 42.1 Å². The van der Waals surface area contributed by atoms with Crippen molar-refractivity contribution in [1.29, 1.82) is 0 Å². The van der Waals surface area contributed by atoms with Crippen LogP contribution in [-0.2, 0) is 0 Å². The van der Waals surface area contributed by atoms with Crippen molar-refractivity contribution in [3.05, 3.63) is 188 Å². The molecule has 0 amide bonds. The van der Waals surface area contributed by atoms with Gasteiger partial charge < -0.3 is 0 Å². The molecule has 53 heavy (non-hydrogen) atoms. The molecule has 0 aliphatic heterocycles. The summed E-state index contributed by atoms with van der Waals surface area (Å²) in [6, 6.07) is 66.5. The molecule has 0 aliphatic carbocycles. The normalized spacial score (nSPS) is 11.4. The van der Waals surface area contributed by atoms with Gasteiger partial charge in [-0.3, -0.25) is 0 Å². The van der Waals surface area contributed by atoms with Crippen LogP contribution >= 0.6 is 11.3 Å². The summed E-state index contributed by atoms with van der Waals surface area (Å²) in [7, 11) is 0. The topological polar surface area (TPSA) is 38.7 Å². The maximum Gasteiger partial charge on any atom is 0.164 e. The molecule has 248 valence electrons. The van der Waals surface area contributed by atoms with Crippen LogP contribution in [0.1, 0.15) is 0 Å². The zero-order valence-corrected chi connectivity index (χ0v) is 29.5. The first-order valence-corrected chi connectivity index (χ1v) is 18.6. The van der Waals surface area contributed by atoms with Crippen molar-refractivity contribution >= 4 is 42.3 Å². The number of rotatable bonds is 6. The minimum Gasteiger partial charge on any atom is -0.208 e. The average Bonchev–Trinajstić information content (AvgIpc) is 3.63. The lowest BCUT2D eigenvalue weighted by atomic mass is 9.92. The first-order valence-electron chi connectivity index (χ1n) is 17.8. The molecule has 0 fully saturated rings. The molecule has 2 aromatic heterocycles. The molecule has 0 radical (unpaired) electrons. The second-order valence-corrected chi connectivity index (χ2v) is 14.3. The van der Waals surface area contributed by atoms with Gasteiger partial charge in [0.2, 0.25) is 0 Å². The van der Waals surface area contributed by atoms with E-state index in [9.17, 15) is 0 Å². The van der Waals surface area contributed by atoms with Crippen LogP contribution in [0, 0.1) is 0 Å². The fourth-order valence-corrected chi connectivity index (χ4v) is 8.39. The van der Waals surface area contributed by atoms with Crippen LogP contribution in [0.5, 0.6) is 0 Å². The fraction of sp³-hybridized carbons (Fsp3) is 0. The summed E-state index contributed by atoms with van der Waals surface area (Å²) >= 11 is 1.84. The van der Waals surface area contributed by atoms with E-state index in [-0.39, 0.29) is 0 Å². The van der Waals surface area contributed by atoms with Crippen LogP contribution in [-0.4, -0.2) is 15.0 Å². The summed E-state index contributed by atoms with van der Waals surface area (Å²) in [6.07, 6.45) is 0. The molecule has 0 spiro atoms. The van der Waals surface area contributed by atoms with E-state index in [2.05, 4.69) is 164 Å². The van der Waals surface area contributed by atoms with Crippen molar-refractivity contribution in [3.8, 4) is 67.5 Å². The van der Waals surface area contributed by atoms with Crippen LogP contribution in [0.15, 0.2) is 188 Å². The first kappa shape index (κ1) is 31.0. The summed E-state index contributed by atoms with van der Waals surface area (Å²) in [6.45, 7) is 0. The lowest BCUT2D eigenvalue weighted by molar-refractivity contribution is 1.07. The Labute approximate surface area is 311 Å². The summed E-state index contributed by atoms with van der Waals surface area (Å²) < 4.78 is 2.56. The molecule has 4 heteroatoms. The molecular weight excluding hydrogens is 663 g/mol. The monoisotopic (exact) mass is 693 g/mol. The molecule has 10 rings (SSSR count). The van der Waals surface area contributed by atoms with Gasteiger partial charge in [0.1, 0.15) is 0 Å². The standard InChI is InChI=1S/C49H31N3S/c1-3-12-32(13-4-1)34-22-25-36(26-23-34)48-50-47(35-15-5-2-6-16-35)51-49(52-48)41-30-39(38-27-24-33-14-7-8-17-37(33)28-38)29-40(31-41)42-19-11-21-45-46(42)43-18-9-10-20-44(43)53-45/h1-31H. The number of thiophene rings is 1. The van der Waals surface area contributed by atoms with E-state index < -0.39 is 0 Å². The number of benzene rings is 8. The van der Waals surface area contributed by atoms with Gasteiger partial charge >= 0.3 is 0 Å². The molecule has 0 N–H and O–H groups in total. The van der Waals surface area contributed by atoms with Crippen molar-refractivity contribution in [2.75, 3.05) is 0 Å². The van der Waals surface area contributed by atoms with E-state index in [1.807, 2.05) is 35.6 Å². The smallest absolute Gasteiger partial charge is 0.164 e. The molecule has 3 nitrogen and oxygen atoms in total. The van der Waals surface area contributed by atoms with Crippen LogP contribution in [0.25, 0.3) is 98.5 Å². The zero-order valence-electron chi connectivity index (χ0n) is 28.6. The van der Waals surface area contributed by atoms with E-state index in [0.717, 1.165) is 38.9 Å². The van der Waals surface area contributed by atoms with Gasteiger partial charge in [0.05, 0.1) is 0 Å². The van der Waals surface area contributed by atoms with E-state index >= 15 is 0 Å². The largest absolute Gasteiger partial charge is 0.208 e. The van der Waals surface area contributed by atoms with Gasteiger partial charge in [-0.05, 0) is 80.6 Å². The predicted octanol–water partition coefficient (Wildman–Crippen LogP) is 13.4. The highest BCUT2D eigenvalue weighted by molar-refractivity contribution is 7.25. The molecule has 0 bridgehead atoms. The lowest BCUT2D eigenvalue weighted by Gasteiger charge is -2.14. The van der Waals surface area contributed by atoms with Gasteiger partial charge in [0.15, 0.2) is 17.5 Å². The Morgan fingerprint density at radius 3 is 1.60 bits per heavy atom. The fourth-order valence-electron chi connectivity index (χ4n) is 7.26. The molecule has 10 aromatic rings. The molecule has 0 saturated carbocycles. The number of hydrogen-bond donors (Lipinski definition) is 0. The maximum absolute atomic E-state index is 5.20. The molecule has 0 saturated heterocycles. The van der Waals surface area contributed by atoms with Crippen LogP contribution in [0.3, 0.4) is 0 Å². The number of fused-ring (bicyclic) bond motifs is 4. The summed E-state index contributed by atoms with van der Waals surface area (Å²) in [5, 5.41) is 4.97. The SMILES string of the molecule is c1ccc(-c2ccc(-c3nc(-c4ccccc4)nc(-c4cc(-c5ccc6ccccc6c5)cc(-c5cccc6sc7ccccc7c56)c4)n3)cc2)cc1. The third kappa shape index (κ3) is 5.85. The van der Waals surface area contributed by atoms with Gasteiger partial charge in [-0.2, -0.15) is 0 Å². The van der Waals surface area contributed by atoms with Crippen LogP contribution in [0.4, 0.5) is 0 Å². The summed E-state index contributed by atoms with van der Waals surface area (Å²) in [5.41, 5.74) is 9.70. The minimum atomic E-state index is 0.632. The molecule has 0 atom stereocenters. The van der Waals surface area contributed by atoms with Crippen molar-refractivity contribution < 1.29 is 0 Å². The highest BCUT2D eigenvalue weighted by Gasteiger charge is 2.17. The number of nitrogens with zero attached hydrogens (tertiary/aromatic N) is 3. The van der Waals surface area contributed by atoms with Gasteiger partial charge in [-0.1, -0.05) is 152 Å². The lowest BCUT2D eigenvalue weighted by Crippen LogP contribution is -2.00. The van der Waals surface area contributed by atoms with Crippen molar-refractivity contribution in [3.63, 3.8) is 0 Å². The average molecular weight is 694 g/mol. The summed E-state index contributed by atoms with van der Waals surface area (Å²) in [5.74, 6) is 1.91. The summed E-state index contributed by atoms with van der Waals surface area (Å²) in [4.78, 5) is 15.4. The third-order valence-corrected chi connectivity index (χ3v) is 11.0. The highest BCUT2D eigenvalue weighted by atomic mass is 32.1.